The molecule has 1 aromatic carbocycles. The average molecular weight is 275 g/mol. The van der Waals surface area contributed by atoms with Crippen molar-refractivity contribution in [1.82, 2.24) is 4.98 Å². The van der Waals surface area contributed by atoms with E-state index in [1.807, 2.05) is 6.07 Å². The number of aromatic nitrogens is 1. The molecule has 108 valence electrons. The van der Waals surface area contributed by atoms with Crippen LogP contribution in [0.5, 0.6) is 0 Å². The van der Waals surface area contributed by atoms with E-state index < -0.39 is 5.76 Å². The quantitative estimate of drug-likeness (QED) is 0.784. The maximum Gasteiger partial charge on any atom is 0.417 e. The average Bonchev–Trinajstić information content (AvgIpc) is 2.92. The fraction of sp³-hybridized carbons (Fsp3) is 0.533. The van der Waals surface area contributed by atoms with Crippen molar-refractivity contribution in [3.05, 3.63) is 22.7 Å². The van der Waals surface area contributed by atoms with Crippen LogP contribution in [0.2, 0.25) is 0 Å². The Bertz CT molecular complexity index is 693. The number of fused-ring (bicyclic) bond motifs is 1. The highest BCUT2D eigenvalue weighted by molar-refractivity contribution is 5.85. The van der Waals surface area contributed by atoms with Crippen molar-refractivity contribution in [2.45, 2.75) is 27.2 Å². The van der Waals surface area contributed by atoms with Gasteiger partial charge in [0.25, 0.3) is 0 Å². The molecule has 2 aromatic rings. The van der Waals surface area contributed by atoms with Crippen LogP contribution in [0, 0.1) is 11.3 Å². The molecule has 1 saturated heterocycles. The molecule has 0 saturated carbocycles. The Hall–Kier alpha value is -1.91. The van der Waals surface area contributed by atoms with Gasteiger partial charge in [-0.3, -0.25) is 4.98 Å². The highest BCUT2D eigenvalue weighted by atomic mass is 16.4. The van der Waals surface area contributed by atoms with E-state index in [0.717, 1.165) is 18.8 Å². The summed E-state index contributed by atoms with van der Waals surface area (Å²) in [5.41, 5.74) is 9.29. The molecule has 20 heavy (non-hydrogen) atoms. The topological polar surface area (TPSA) is 75.3 Å². The van der Waals surface area contributed by atoms with Gasteiger partial charge < -0.3 is 15.1 Å². The van der Waals surface area contributed by atoms with E-state index in [9.17, 15) is 4.79 Å². The fourth-order valence-electron chi connectivity index (χ4n) is 2.96. The molecule has 1 unspecified atom stereocenters. The van der Waals surface area contributed by atoms with E-state index in [0.29, 0.717) is 28.1 Å². The maximum absolute atomic E-state index is 11.2. The second-order valence-corrected chi connectivity index (χ2v) is 6.72. The summed E-state index contributed by atoms with van der Waals surface area (Å²) in [5, 5.41) is 0. The molecule has 1 fully saturated rings. The first-order chi connectivity index (χ1) is 9.34. The molecular formula is C15H21N3O2. The highest BCUT2D eigenvalue weighted by Gasteiger charge is 2.32. The molecule has 1 aliphatic heterocycles. The minimum absolute atomic E-state index is 0.303. The number of benzene rings is 1. The molecule has 2 heterocycles. The molecule has 1 atom stereocenters. The van der Waals surface area contributed by atoms with Gasteiger partial charge >= 0.3 is 5.76 Å². The number of nitrogen functional groups attached to an aromatic ring is 1. The first kappa shape index (κ1) is 13.1. The molecule has 0 aliphatic carbocycles. The zero-order chi connectivity index (χ0) is 14.5. The second kappa shape index (κ2) is 4.30. The second-order valence-electron chi connectivity index (χ2n) is 6.72. The number of hydrogen-bond donors (Lipinski definition) is 2. The molecule has 5 heteroatoms. The lowest BCUT2D eigenvalue weighted by Crippen LogP contribution is -2.26. The Morgan fingerprint density at radius 2 is 2.15 bits per heavy atom. The predicted molar refractivity (Wildman–Crippen MR) is 81.0 cm³/mol. The van der Waals surface area contributed by atoms with Gasteiger partial charge in [-0.15, -0.1) is 0 Å². The number of nitrogens with one attached hydrogen (secondary N) is 1. The molecule has 0 bridgehead atoms. The van der Waals surface area contributed by atoms with E-state index in [1.165, 1.54) is 6.42 Å². The third kappa shape index (κ3) is 2.17. The molecule has 0 radical (unpaired) electrons. The SMILES string of the molecule is CC(C)(C)C1CCN(c2cc3[nH]c(=O)oc3cc2N)C1. The summed E-state index contributed by atoms with van der Waals surface area (Å²) in [6.07, 6.45) is 1.17. The number of hydrogen-bond acceptors (Lipinski definition) is 4. The van der Waals surface area contributed by atoms with Gasteiger partial charge in [0.1, 0.15) is 0 Å². The van der Waals surface area contributed by atoms with Gasteiger partial charge in [-0.2, -0.15) is 0 Å². The van der Waals surface area contributed by atoms with Gasteiger partial charge in [-0.25, -0.2) is 4.79 Å². The van der Waals surface area contributed by atoms with Gasteiger partial charge in [0.05, 0.1) is 16.9 Å². The third-order valence-electron chi connectivity index (χ3n) is 4.32. The first-order valence-electron chi connectivity index (χ1n) is 7.02. The number of aromatic amines is 1. The van der Waals surface area contributed by atoms with Crippen LogP contribution in [0.3, 0.4) is 0 Å². The normalized spacial score (nSPS) is 19.9. The highest BCUT2D eigenvalue weighted by Crippen LogP contribution is 2.38. The lowest BCUT2D eigenvalue weighted by atomic mass is 9.80. The number of anilines is 2. The van der Waals surface area contributed by atoms with Crippen LogP contribution in [-0.2, 0) is 0 Å². The van der Waals surface area contributed by atoms with E-state index in [-0.39, 0.29) is 0 Å². The first-order valence-corrected chi connectivity index (χ1v) is 7.02. The van der Waals surface area contributed by atoms with Gasteiger partial charge in [0.15, 0.2) is 5.58 Å². The van der Waals surface area contributed by atoms with Gasteiger partial charge in [-0.1, -0.05) is 20.8 Å². The van der Waals surface area contributed by atoms with Crippen molar-refractivity contribution in [1.29, 1.82) is 0 Å². The summed E-state index contributed by atoms with van der Waals surface area (Å²) in [4.78, 5) is 16.2. The maximum atomic E-state index is 11.2. The summed E-state index contributed by atoms with van der Waals surface area (Å²) in [6, 6.07) is 3.65. The summed E-state index contributed by atoms with van der Waals surface area (Å²) in [6.45, 7) is 8.84. The van der Waals surface area contributed by atoms with Crippen molar-refractivity contribution in [3.8, 4) is 0 Å². The summed E-state index contributed by atoms with van der Waals surface area (Å²) < 4.78 is 5.03. The molecule has 3 N–H and O–H groups in total. The Kier molecular flexibility index (Phi) is 2.81. The number of nitrogens with zero attached hydrogens (tertiary/aromatic N) is 1. The molecule has 0 amide bonds. The predicted octanol–water partition coefficient (Wildman–Crippen LogP) is 2.58. The van der Waals surface area contributed by atoms with E-state index in [4.69, 9.17) is 10.2 Å². The van der Waals surface area contributed by atoms with Gasteiger partial charge in [-0.05, 0) is 23.8 Å². The Labute approximate surface area is 117 Å². The van der Waals surface area contributed by atoms with Crippen LogP contribution >= 0.6 is 0 Å². The van der Waals surface area contributed by atoms with Crippen LogP contribution in [0.4, 0.5) is 11.4 Å². The number of nitrogens with two attached hydrogens (primary N) is 1. The minimum Gasteiger partial charge on any atom is -0.408 e. The lowest BCUT2D eigenvalue weighted by Gasteiger charge is -2.27. The lowest BCUT2D eigenvalue weighted by molar-refractivity contribution is 0.263. The van der Waals surface area contributed by atoms with Gasteiger partial charge in [0.2, 0.25) is 0 Å². The molecule has 1 aromatic heterocycles. The Morgan fingerprint density at radius 1 is 1.40 bits per heavy atom. The smallest absolute Gasteiger partial charge is 0.408 e. The standard InChI is InChI=1S/C15H21N3O2/c1-15(2,3)9-4-5-18(8-9)12-7-11-13(6-10(12)16)20-14(19)17-11/h6-7,9H,4-5,8,16H2,1-3H3,(H,17,19). The van der Waals surface area contributed by atoms with Crippen LogP contribution in [0.15, 0.2) is 21.3 Å². The Morgan fingerprint density at radius 3 is 2.80 bits per heavy atom. The molecule has 1 aliphatic rings. The van der Waals surface area contributed by atoms with Crippen LogP contribution in [0.25, 0.3) is 11.1 Å². The summed E-state index contributed by atoms with van der Waals surface area (Å²) in [7, 11) is 0. The Balaban J connectivity index is 1.95. The third-order valence-corrected chi connectivity index (χ3v) is 4.32. The van der Waals surface area contributed by atoms with Crippen LogP contribution < -0.4 is 16.4 Å². The van der Waals surface area contributed by atoms with Crippen molar-refractivity contribution in [2.24, 2.45) is 11.3 Å². The summed E-state index contributed by atoms with van der Waals surface area (Å²) >= 11 is 0. The van der Waals surface area contributed by atoms with Crippen molar-refractivity contribution in [3.63, 3.8) is 0 Å². The van der Waals surface area contributed by atoms with E-state index in [1.54, 1.807) is 6.07 Å². The van der Waals surface area contributed by atoms with Crippen molar-refractivity contribution in [2.75, 3.05) is 23.7 Å². The van der Waals surface area contributed by atoms with E-state index in [2.05, 4.69) is 30.7 Å². The van der Waals surface area contributed by atoms with Crippen molar-refractivity contribution >= 4 is 22.5 Å². The molecular weight excluding hydrogens is 254 g/mol. The minimum atomic E-state index is -0.439. The number of H-pyrrole nitrogens is 1. The monoisotopic (exact) mass is 275 g/mol. The molecule has 3 rings (SSSR count). The summed E-state index contributed by atoms with van der Waals surface area (Å²) in [5.74, 6) is 0.214. The molecule has 0 spiro atoms. The van der Waals surface area contributed by atoms with Crippen LogP contribution in [0.1, 0.15) is 27.2 Å². The fourth-order valence-corrected chi connectivity index (χ4v) is 2.96. The zero-order valence-corrected chi connectivity index (χ0v) is 12.2. The number of oxazole rings is 1. The van der Waals surface area contributed by atoms with Gasteiger partial charge in [0, 0.05) is 19.2 Å². The number of rotatable bonds is 1. The van der Waals surface area contributed by atoms with Crippen LogP contribution in [-0.4, -0.2) is 18.1 Å². The molecule has 5 nitrogen and oxygen atoms in total. The van der Waals surface area contributed by atoms with E-state index >= 15 is 0 Å². The largest absolute Gasteiger partial charge is 0.417 e. The van der Waals surface area contributed by atoms with Crippen molar-refractivity contribution < 1.29 is 4.42 Å². The zero-order valence-electron chi connectivity index (χ0n) is 12.2.